The molecule has 0 spiro atoms. The molecule has 0 amide bonds. The van der Waals surface area contributed by atoms with Crippen LogP contribution in [0.3, 0.4) is 0 Å². The number of imidazole rings is 1. The summed E-state index contributed by atoms with van der Waals surface area (Å²) < 4.78 is 15.8. The largest absolute Gasteiger partial charge is 0.302 e. The van der Waals surface area contributed by atoms with Gasteiger partial charge in [-0.1, -0.05) is 44.2 Å². The molecule has 3 aromatic heterocycles. The molecule has 0 aliphatic rings. The molecule has 3 heterocycles. The zero-order valence-corrected chi connectivity index (χ0v) is 20.2. The van der Waals surface area contributed by atoms with Crippen molar-refractivity contribution in [3.8, 4) is 22.6 Å². The zero-order chi connectivity index (χ0) is 24.4. The number of rotatable bonds is 7. The first-order valence-corrected chi connectivity index (χ1v) is 11.9. The van der Waals surface area contributed by atoms with E-state index in [4.69, 9.17) is 9.97 Å². The standard InChI is InChI=1S/C29H28FN5/c1-4-34(3)19-21-15-17-35-26(18-21)33-27(23-10-12-24(30)13-11-23)28(35)25-14-16-31-29(32-25)20(2)22-8-6-5-7-9-22/h5-18,20H,4,19H2,1-3H3/t20-/m0/s1. The predicted molar refractivity (Wildman–Crippen MR) is 138 cm³/mol. The monoisotopic (exact) mass is 465 g/mol. The topological polar surface area (TPSA) is 46.3 Å². The van der Waals surface area contributed by atoms with Crippen LogP contribution in [0.15, 0.2) is 85.2 Å². The Kier molecular flexibility index (Phi) is 6.38. The summed E-state index contributed by atoms with van der Waals surface area (Å²) in [4.78, 5) is 16.8. The van der Waals surface area contributed by atoms with E-state index in [0.29, 0.717) is 0 Å². The van der Waals surface area contributed by atoms with Gasteiger partial charge in [0.1, 0.15) is 17.3 Å². The van der Waals surface area contributed by atoms with Crippen molar-refractivity contribution in [1.29, 1.82) is 0 Å². The van der Waals surface area contributed by atoms with E-state index in [1.165, 1.54) is 17.7 Å². The molecule has 176 valence electrons. The number of benzene rings is 2. The number of halogens is 1. The molecular weight excluding hydrogens is 437 g/mol. The fourth-order valence-corrected chi connectivity index (χ4v) is 4.27. The Hall–Kier alpha value is -3.90. The van der Waals surface area contributed by atoms with E-state index >= 15 is 0 Å². The Morgan fingerprint density at radius 2 is 1.74 bits per heavy atom. The number of hydrogen-bond acceptors (Lipinski definition) is 4. The van der Waals surface area contributed by atoms with E-state index in [9.17, 15) is 4.39 Å². The van der Waals surface area contributed by atoms with Gasteiger partial charge >= 0.3 is 0 Å². The third-order valence-corrected chi connectivity index (χ3v) is 6.40. The van der Waals surface area contributed by atoms with Gasteiger partial charge in [0.15, 0.2) is 0 Å². The van der Waals surface area contributed by atoms with E-state index in [0.717, 1.165) is 52.8 Å². The van der Waals surface area contributed by atoms with Crippen molar-refractivity contribution in [2.45, 2.75) is 26.3 Å². The molecule has 5 rings (SSSR count). The molecular formula is C29H28FN5. The third kappa shape index (κ3) is 4.70. The number of pyridine rings is 1. The molecule has 0 aliphatic heterocycles. The average Bonchev–Trinajstić information content (AvgIpc) is 3.28. The molecule has 0 fully saturated rings. The molecule has 6 heteroatoms. The molecule has 0 N–H and O–H groups in total. The van der Waals surface area contributed by atoms with Gasteiger partial charge in [-0.2, -0.15) is 0 Å². The Morgan fingerprint density at radius 3 is 2.49 bits per heavy atom. The highest BCUT2D eigenvalue weighted by molar-refractivity contribution is 5.80. The van der Waals surface area contributed by atoms with Crippen molar-refractivity contribution in [2.24, 2.45) is 0 Å². The van der Waals surface area contributed by atoms with Crippen LogP contribution in [0, 0.1) is 5.82 Å². The van der Waals surface area contributed by atoms with Gasteiger partial charge in [-0.05, 0) is 67.2 Å². The Balaban J connectivity index is 1.65. The lowest BCUT2D eigenvalue weighted by Crippen LogP contribution is -2.16. The fraction of sp³-hybridized carbons (Fsp3) is 0.207. The summed E-state index contributed by atoms with van der Waals surface area (Å²) >= 11 is 0. The maximum absolute atomic E-state index is 13.7. The molecule has 0 radical (unpaired) electrons. The summed E-state index contributed by atoms with van der Waals surface area (Å²) in [5.41, 5.74) is 6.43. The number of nitrogens with zero attached hydrogens (tertiary/aromatic N) is 5. The first-order valence-electron chi connectivity index (χ1n) is 11.9. The smallest absolute Gasteiger partial charge is 0.138 e. The maximum Gasteiger partial charge on any atom is 0.138 e. The lowest BCUT2D eigenvalue weighted by atomic mass is 10.0. The van der Waals surface area contributed by atoms with Gasteiger partial charge in [-0.3, -0.25) is 4.40 Å². The molecule has 5 nitrogen and oxygen atoms in total. The Morgan fingerprint density at radius 1 is 0.971 bits per heavy atom. The highest BCUT2D eigenvalue weighted by Gasteiger charge is 2.20. The summed E-state index contributed by atoms with van der Waals surface area (Å²) in [6, 6.07) is 22.8. The van der Waals surface area contributed by atoms with Crippen LogP contribution in [0.5, 0.6) is 0 Å². The minimum atomic E-state index is -0.273. The van der Waals surface area contributed by atoms with E-state index in [1.807, 2.05) is 30.5 Å². The molecule has 0 saturated heterocycles. The van der Waals surface area contributed by atoms with E-state index in [2.05, 4.69) is 59.4 Å². The maximum atomic E-state index is 13.7. The van der Waals surface area contributed by atoms with Gasteiger partial charge in [-0.25, -0.2) is 19.3 Å². The fourth-order valence-electron chi connectivity index (χ4n) is 4.27. The van der Waals surface area contributed by atoms with Gasteiger partial charge in [0.05, 0.1) is 17.1 Å². The summed E-state index contributed by atoms with van der Waals surface area (Å²) in [5.74, 6) is 0.514. The quantitative estimate of drug-likeness (QED) is 0.287. The van der Waals surface area contributed by atoms with Crippen molar-refractivity contribution < 1.29 is 4.39 Å². The molecule has 0 aliphatic carbocycles. The molecule has 2 aromatic carbocycles. The van der Waals surface area contributed by atoms with Crippen LogP contribution in [0.1, 0.15) is 36.7 Å². The van der Waals surface area contributed by atoms with Crippen LogP contribution in [-0.2, 0) is 6.54 Å². The van der Waals surface area contributed by atoms with Crippen molar-refractivity contribution >= 4 is 5.65 Å². The van der Waals surface area contributed by atoms with Gasteiger partial charge < -0.3 is 4.90 Å². The first-order chi connectivity index (χ1) is 17.0. The summed E-state index contributed by atoms with van der Waals surface area (Å²) in [5, 5.41) is 0. The molecule has 0 saturated carbocycles. The van der Waals surface area contributed by atoms with Crippen molar-refractivity contribution in [3.63, 3.8) is 0 Å². The summed E-state index contributed by atoms with van der Waals surface area (Å²) in [7, 11) is 2.10. The minimum Gasteiger partial charge on any atom is -0.302 e. The van der Waals surface area contributed by atoms with Gasteiger partial charge in [0.25, 0.3) is 0 Å². The second-order valence-electron chi connectivity index (χ2n) is 8.84. The van der Waals surface area contributed by atoms with Crippen molar-refractivity contribution in [2.75, 3.05) is 13.6 Å². The molecule has 5 aromatic rings. The molecule has 0 unspecified atom stereocenters. The molecule has 1 atom stereocenters. The van der Waals surface area contributed by atoms with Crippen LogP contribution in [0.25, 0.3) is 28.3 Å². The highest BCUT2D eigenvalue weighted by atomic mass is 19.1. The van der Waals surface area contributed by atoms with Crippen LogP contribution < -0.4 is 0 Å². The van der Waals surface area contributed by atoms with Crippen molar-refractivity contribution in [3.05, 3.63) is 108 Å². The Labute approximate surface area is 204 Å². The number of aromatic nitrogens is 4. The highest BCUT2D eigenvalue weighted by Crippen LogP contribution is 2.33. The third-order valence-electron chi connectivity index (χ3n) is 6.40. The lowest BCUT2D eigenvalue weighted by molar-refractivity contribution is 0.346. The Bertz CT molecular complexity index is 1440. The van der Waals surface area contributed by atoms with E-state index in [-0.39, 0.29) is 11.7 Å². The van der Waals surface area contributed by atoms with Crippen LogP contribution in [0.2, 0.25) is 0 Å². The van der Waals surface area contributed by atoms with E-state index in [1.54, 1.807) is 18.3 Å². The SMILES string of the molecule is CCN(C)Cc1ccn2c(-c3ccnc([C@@H](C)c4ccccc4)n3)c(-c3ccc(F)cc3)nc2c1. The first kappa shape index (κ1) is 22.9. The lowest BCUT2D eigenvalue weighted by Gasteiger charge is -2.14. The van der Waals surface area contributed by atoms with Crippen molar-refractivity contribution in [1.82, 2.24) is 24.3 Å². The van der Waals surface area contributed by atoms with Gasteiger partial charge in [-0.15, -0.1) is 0 Å². The minimum absolute atomic E-state index is 0.0424. The second kappa shape index (κ2) is 9.76. The van der Waals surface area contributed by atoms with Gasteiger partial charge in [0.2, 0.25) is 0 Å². The summed E-state index contributed by atoms with van der Waals surface area (Å²) in [6.07, 6.45) is 3.85. The number of hydrogen-bond donors (Lipinski definition) is 0. The normalized spacial score (nSPS) is 12.4. The van der Waals surface area contributed by atoms with Gasteiger partial charge in [0, 0.05) is 30.4 Å². The predicted octanol–water partition coefficient (Wildman–Crippen LogP) is 6.20. The second-order valence-corrected chi connectivity index (χ2v) is 8.84. The van der Waals surface area contributed by atoms with Crippen LogP contribution in [-0.4, -0.2) is 37.8 Å². The van der Waals surface area contributed by atoms with Crippen LogP contribution >= 0.6 is 0 Å². The van der Waals surface area contributed by atoms with Crippen LogP contribution in [0.4, 0.5) is 4.39 Å². The number of fused-ring (bicyclic) bond motifs is 1. The zero-order valence-electron chi connectivity index (χ0n) is 20.2. The molecule has 0 bridgehead atoms. The molecule has 35 heavy (non-hydrogen) atoms. The average molecular weight is 466 g/mol. The summed E-state index contributed by atoms with van der Waals surface area (Å²) in [6.45, 7) is 6.06. The van der Waals surface area contributed by atoms with E-state index < -0.39 is 0 Å².